The van der Waals surface area contributed by atoms with E-state index in [-0.39, 0.29) is 11.9 Å². The molecule has 3 N–H and O–H groups in total. The molecular formula is C11H22N2O. The van der Waals surface area contributed by atoms with E-state index in [0.29, 0.717) is 6.04 Å². The third kappa shape index (κ3) is 3.66. The van der Waals surface area contributed by atoms with Crippen LogP contribution in [0, 0.1) is 0 Å². The second-order valence-electron chi connectivity index (χ2n) is 4.21. The molecule has 3 heteroatoms. The topological polar surface area (TPSA) is 55.1 Å². The van der Waals surface area contributed by atoms with Crippen molar-refractivity contribution in [1.82, 2.24) is 5.32 Å². The fraction of sp³-hybridized carbons (Fsp3) is 0.909. The van der Waals surface area contributed by atoms with E-state index < -0.39 is 0 Å². The van der Waals surface area contributed by atoms with Crippen molar-refractivity contribution in [3.8, 4) is 0 Å². The van der Waals surface area contributed by atoms with Crippen LogP contribution in [-0.2, 0) is 4.79 Å². The molecule has 0 aromatic heterocycles. The van der Waals surface area contributed by atoms with Crippen molar-refractivity contribution in [2.45, 2.75) is 64.0 Å². The number of nitrogens with two attached hydrogens (primary N) is 1. The predicted molar refractivity (Wildman–Crippen MR) is 57.9 cm³/mol. The molecule has 0 aromatic rings. The van der Waals surface area contributed by atoms with Crippen LogP contribution in [0.4, 0.5) is 0 Å². The minimum absolute atomic E-state index is 0.0272. The Morgan fingerprint density at radius 2 is 1.93 bits per heavy atom. The zero-order chi connectivity index (χ0) is 10.4. The van der Waals surface area contributed by atoms with Gasteiger partial charge < -0.3 is 11.1 Å². The van der Waals surface area contributed by atoms with Crippen molar-refractivity contribution in [1.29, 1.82) is 0 Å². The predicted octanol–water partition coefficient (Wildman–Crippen LogP) is 1.56. The van der Waals surface area contributed by atoms with E-state index in [9.17, 15) is 4.79 Å². The molecule has 0 unspecified atom stereocenters. The van der Waals surface area contributed by atoms with Crippen LogP contribution >= 0.6 is 0 Å². The normalized spacial score (nSPS) is 21.3. The number of nitrogens with one attached hydrogen (secondary N) is 1. The number of amides is 1. The molecule has 1 amide bonds. The maximum absolute atomic E-state index is 11.5. The number of hydrogen-bond acceptors (Lipinski definition) is 2. The van der Waals surface area contributed by atoms with E-state index in [4.69, 9.17) is 5.73 Å². The molecule has 14 heavy (non-hydrogen) atoms. The number of rotatable bonds is 3. The van der Waals surface area contributed by atoms with E-state index in [0.717, 1.165) is 19.3 Å². The standard InChI is InChI=1S/C11H22N2O/c1-2-10(12)11(14)13-9-7-5-3-4-6-8-9/h9-10H,2-8,12H2,1H3,(H,13,14)/t10-/m1/s1. The molecule has 3 nitrogen and oxygen atoms in total. The van der Waals surface area contributed by atoms with E-state index in [1.54, 1.807) is 0 Å². The average Bonchev–Trinajstić information content (AvgIpc) is 2.45. The molecule has 1 aliphatic rings. The molecule has 1 fully saturated rings. The van der Waals surface area contributed by atoms with Gasteiger partial charge in [0.2, 0.25) is 5.91 Å². The summed E-state index contributed by atoms with van der Waals surface area (Å²) in [7, 11) is 0. The summed E-state index contributed by atoms with van der Waals surface area (Å²) in [6, 6.07) is 0.0563. The van der Waals surface area contributed by atoms with Crippen LogP contribution in [-0.4, -0.2) is 18.0 Å². The molecule has 0 radical (unpaired) electrons. The van der Waals surface area contributed by atoms with Crippen molar-refractivity contribution in [3.63, 3.8) is 0 Å². The highest BCUT2D eigenvalue weighted by Gasteiger charge is 2.17. The number of carbonyl (C=O) groups is 1. The van der Waals surface area contributed by atoms with Gasteiger partial charge in [-0.15, -0.1) is 0 Å². The first-order valence-electron chi connectivity index (χ1n) is 5.80. The number of carbonyl (C=O) groups excluding carboxylic acids is 1. The van der Waals surface area contributed by atoms with Gasteiger partial charge in [0, 0.05) is 6.04 Å². The smallest absolute Gasteiger partial charge is 0.237 e. The van der Waals surface area contributed by atoms with Gasteiger partial charge in [-0.3, -0.25) is 4.79 Å². The fourth-order valence-electron chi connectivity index (χ4n) is 1.92. The van der Waals surface area contributed by atoms with E-state index >= 15 is 0 Å². The maximum Gasteiger partial charge on any atom is 0.237 e. The van der Waals surface area contributed by atoms with Gasteiger partial charge >= 0.3 is 0 Å². The van der Waals surface area contributed by atoms with Gasteiger partial charge in [-0.05, 0) is 19.3 Å². The van der Waals surface area contributed by atoms with Crippen LogP contribution in [0.25, 0.3) is 0 Å². The SMILES string of the molecule is CC[C@@H](N)C(=O)NC1CCCCCC1. The Kier molecular flexibility index (Phi) is 4.94. The first-order valence-corrected chi connectivity index (χ1v) is 5.80. The second kappa shape index (κ2) is 6.02. The molecule has 0 aliphatic heterocycles. The Bertz CT molecular complexity index is 174. The minimum atomic E-state index is -0.321. The van der Waals surface area contributed by atoms with Crippen molar-refractivity contribution in [2.75, 3.05) is 0 Å². The molecule has 1 atom stereocenters. The lowest BCUT2D eigenvalue weighted by Crippen LogP contribution is -2.44. The monoisotopic (exact) mass is 198 g/mol. The third-order valence-corrected chi connectivity index (χ3v) is 2.98. The summed E-state index contributed by atoms with van der Waals surface area (Å²) in [5, 5.41) is 3.05. The summed E-state index contributed by atoms with van der Waals surface area (Å²) in [6.45, 7) is 1.94. The van der Waals surface area contributed by atoms with E-state index in [1.807, 2.05) is 6.92 Å². The van der Waals surface area contributed by atoms with E-state index in [1.165, 1.54) is 25.7 Å². The Morgan fingerprint density at radius 3 is 2.43 bits per heavy atom. The Balaban J connectivity index is 2.30. The third-order valence-electron chi connectivity index (χ3n) is 2.98. The highest BCUT2D eigenvalue weighted by molar-refractivity contribution is 5.81. The molecular weight excluding hydrogens is 176 g/mol. The van der Waals surface area contributed by atoms with Crippen LogP contribution in [0.15, 0.2) is 0 Å². The minimum Gasteiger partial charge on any atom is -0.352 e. The lowest BCUT2D eigenvalue weighted by molar-refractivity contribution is -0.123. The first kappa shape index (κ1) is 11.5. The highest BCUT2D eigenvalue weighted by atomic mass is 16.2. The lowest BCUT2D eigenvalue weighted by Gasteiger charge is -2.18. The van der Waals surface area contributed by atoms with Crippen LogP contribution in [0.2, 0.25) is 0 Å². The van der Waals surface area contributed by atoms with Crippen molar-refractivity contribution >= 4 is 5.91 Å². The molecule has 0 aromatic carbocycles. The first-order chi connectivity index (χ1) is 6.74. The van der Waals surface area contributed by atoms with Crippen molar-refractivity contribution in [2.24, 2.45) is 5.73 Å². The van der Waals surface area contributed by atoms with Crippen LogP contribution in [0.3, 0.4) is 0 Å². The Labute approximate surface area is 86.4 Å². The van der Waals surface area contributed by atoms with Gasteiger partial charge in [0.25, 0.3) is 0 Å². The Hall–Kier alpha value is -0.570. The average molecular weight is 198 g/mol. The van der Waals surface area contributed by atoms with Crippen LogP contribution < -0.4 is 11.1 Å². The van der Waals surface area contributed by atoms with Gasteiger partial charge in [0.15, 0.2) is 0 Å². The summed E-state index contributed by atoms with van der Waals surface area (Å²) in [5.74, 6) is 0.0272. The highest BCUT2D eigenvalue weighted by Crippen LogP contribution is 2.17. The molecule has 0 spiro atoms. The van der Waals surface area contributed by atoms with Gasteiger partial charge in [-0.2, -0.15) is 0 Å². The maximum atomic E-state index is 11.5. The summed E-state index contributed by atoms with van der Waals surface area (Å²) in [6.07, 6.45) is 8.08. The molecule has 1 rings (SSSR count). The molecule has 1 saturated carbocycles. The molecule has 82 valence electrons. The summed E-state index contributed by atoms with van der Waals surface area (Å²) in [4.78, 5) is 11.5. The Morgan fingerprint density at radius 1 is 1.36 bits per heavy atom. The van der Waals surface area contributed by atoms with Gasteiger partial charge in [-0.1, -0.05) is 32.6 Å². The largest absolute Gasteiger partial charge is 0.352 e. The van der Waals surface area contributed by atoms with Gasteiger partial charge in [0.05, 0.1) is 6.04 Å². The zero-order valence-electron chi connectivity index (χ0n) is 9.09. The molecule has 0 saturated heterocycles. The van der Waals surface area contributed by atoms with Crippen molar-refractivity contribution < 1.29 is 4.79 Å². The zero-order valence-corrected chi connectivity index (χ0v) is 9.09. The number of hydrogen-bond donors (Lipinski definition) is 2. The second-order valence-corrected chi connectivity index (χ2v) is 4.21. The molecule has 0 bridgehead atoms. The van der Waals surface area contributed by atoms with Crippen LogP contribution in [0.5, 0.6) is 0 Å². The lowest BCUT2D eigenvalue weighted by atomic mass is 10.1. The fourth-order valence-corrected chi connectivity index (χ4v) is 1.92. The summed E-state index contributed by atoms with van der Waals surface area (Å²) in [5.41, 5.74) is 5.66. The van der Waals surface area contributed by atoms with Crippen LogP contribution in [0.1, 0.15) is 51.9 Å². The molecule has 0 heterocycles. The van der Waals surface area contributed by atoms with Crippen molar-refractivity contribution in [3.05, 3.63) is 0 Å². The quantitative estimate of drug-likeness (QED) is 0.676. The molecule has 1 aliphatic carbocycles. The van der Waals surface area contributed by atoms with Gasteiger partial charge in [0.1, 0.15) is 0 Å². The summed E-state index contributed by atoms with van der Waals surface area (Å²) >= 11 is 0. The summed E-state index contributed by atoms with van der Waals surface area (Å²) < 4.78 is 0. The van der Waals surface area contributed by atoms with Gasteiger partial charge in [-0.25, -0.2) is 0 Å². The van der Waals surface area contributed by atoms with E-state index in [2.05, 4.69) is 5.32 Å².